The van der Waals surface area contributed by atoms with Crippen molar-refractivity contribution in [1.29, 1.82) is 0 Å². The van der Waals surface area contributed by atoms with E-state index in [0.29, 0.717) is 13.2 Å². The largest absolute Gasteiger partial charge is 0.383 e. The number of methoxy groups -OCH3 is 1. The van der Waals surface area contributed by atoms with Crippen molar-refractivity contribution < 1.29 is 9.53 Å². The minimum absolute atomic E-state index is 0.0891. The van der Waals surface area contributed by atoms with Gasteiger partial charge in [0.2, 0.25) is 5.91 Å². The molecule has 17 heavy (non-hydrogen) atoms. The minimum Gasteiger partial charge on any atom is -0.383 e. The lowest BCUT2D eigenvalue weighted by Gasteiger charge is -2.08. The number of nitrogens with one attached hydrogen (secondary N) is 2. The van der Waals surface area contributed by atoms with Gasteiger partial charge in [0.15, 0.2) is 0 Å². The van der Waals surface area contributed by atoms with Gasteiger partial charge in [-0.25, -0.2) is 4.68 Å². The molecule has 0 spiro atoms. The second-order valence-corrected chi connectivity index (χ2v) is 3.65. The van der Waals surface area contributed by atoms with Crippen molar-refractivity contribution in [1.82, 2.24) is 25.6 Å². The Morgan fingerprint density at radius 3 is 3.06 bits per heavy atom. The number of nitrogens with zero attached hydrogens (tertiary/aromatic N) is 3. The van der Waals surface area contributed by atoms with E-state index in [1.165, 1.54) is 0 Å². The molecule has 1 rings (SSSR count). The Morgan fingerprint density at radius 1 is 1.65 bits per heavy atom. The Balaban J connectivity index is 2.44. The van der Waals surface area contributed by atoms with Crippen LogP contribution in [0.2, 0.25) is 0 Å². The summed E-state index contributed by atoms with van der Waals surface area (Å²) in [5, 5.41) is 13.6. The van der Waals surface area contributed by atoms with Gasteiger partial charge in [-0.3, -0.25) is 4.79 Å². The highest BCUT2D eigenvalue weighted by Crippen LogP contribution is 2.04. The summed E-state index contributed by atoms with van der Waals surface area (Å²) >= 11 is 0. The van der Waals surface area contributed by atoms with Crippen molar-refractivity contribution in [2.75, 3.05) is 27.3 Å². The highest BCUT2D eigenvalue weighted by molar-refractivity contribution is 5.79. The summed E-state index contributed by atoms with van der Waals surface area (Å²) in [4.78, 5) is 11.4. The normalized spacial score (nSPS) is 12.4. The van der Waals surface area contributed by atoms with Gasteiger partial charge in [0.1, 0.15) is 6.04 Å². The molecule has 0 bridgehead atoms. The number of likely N-dealkylation sites (N-methyl/N-ethyl adjacent to an activating group) is 1. The van der Waals surface area contributed by atoms with Crippen LogP contribution in [-0.4, -0.2) is 48.2 Å². The van der Waals surface area contributed by atoms with Crippen LogP contribution in [0.25, 0.3) is 0 Å². The van der Waals surface area contributed by atoms with Crippen LogP contribution in [0, 0.1) is 0 Å². The number of amides is 1. The number of ether oxygens (including phenoxy) is 1. The topological polar surface area (TPSA) is 81.1 Å². The zero-order valence-corrected chi connectivity index (χ0v) is 10.4. The second kappa shape index (κ2) is 6.97. The maximum Gasteiger partial charge on any atom is 0.244 e. The lowest BCUT2D eigenvalue weighted by molar-refractivity contribution is -0.123. The third-order valence-electron chi connectivity index (χ3n) is 2.37. The van der Waals surface area contributed by atoms with Crippen LogP contribution in [0.3, 0.4) is 0 Å². The molecule has 1 amide bonds. The SMILES string of the molecule is CNC(=O)C(C)n1cc(CNCCOC)nn1. The van der Waals surface area contributed by atoms with Crippen LogP contribution in [-0.2, 0) is 16.1 Å². The van der Waals surface area contributed by atoms with Crippen LogP contribution in [0.15, 0.2) is 6.20 Å². The van der Waals surface area contributed by atoms with Gasteiger partial charge in [-0.1, -0.05) is 5.21 Å². The van der Waals surface area contributed by atoms with Gasteiger partial charge in [-0.05, 0) is 6.92 Å². The van der Waals surface area contributed by atoms with Crippen molar-refractivity contribution in [2.24, 2.45) is 0 Å². The first-order valence-corrected chi connectivity index (χ1v) is 5.51. The highest BCUT2D eigenvalue weighted by Gasteiger charge is 2.14. The second-order valence-electron chi connectivity index (χ2n) is 3.65. The molecule has 1 aromatic heterocycles. The summed E-state index contributed by atoms with van der Waals surface area (Å²) in [5.74, 6) is -0.0891. The molecule has 2 N–H and O–H groups in total. The van der Waals surface area contributed by atoms with Crippen LogP contribution in [0.4, 0.5) is 0 Å². The first-order chi connectivity index (χ1) is 8.19. The quantitative estimate of drug-likeness (QED) is 0.618. The van der Waals surface area contributed by atoms with Crippen molar-refractivity contribution in [2.45, 2.75) is 19.5 Å². The van der Waals surface area contributed by atoms with Gasteiger partial charge in [0.05, 0.1) is 18.5 Å². The maximum absolute atomic E-state index is 11.4. The Bertz CT molecular complexity index is 352. The fourth-order valence-corrected chi connectivity index (χ4v) is 1.30. The molecule has 0 radical (unpaired) electrons. The number of aromatic nitrogens is 3. The maximum atomic E-state index is 11.4. The van der Waals surface area contributed by atoms with Gasteiger partial charge in [0.25, 0.3) is 0 Å². The number of carbonyl (C=O) groups is 1. The molecule has 0 aromatic carbocycles. The third-order valence-corrected chi connectivity index (χ3v) is 2.37. The molecule has 1 unspecified atom stereocenters. The predicted molar refractivity (Wildman–Crippen MR) is 62.4 cm³/mol. The molecule has 1 aromatic rings. The van der Waals surface area contributed by atoms with Gasteiger partial charge >= 0.3 is 0 Å². The van der Waals surface area contributed by atoms with Gasteiger partial charge in [0, 0.05) is 27.2 Å². The minimum atomic E-state index is -0.347. The monoisotopic (exact) mass is 241 g/mol. The molecule has 0 aliphatic carbocycles. The molecule has 1 atom stereocenters. The van der Waals surface area contributed by atoms with Crippen LogP contribution in [0.5, 0.6) is 0 Å². The van der Waals surface area contributed by atoms with Crippen LogP contribution >= 0.6 is 0 Å². The van der Waals surface area contributed by atoms with Crippen molar-refractivity contribution in [3.63, 3.8) is 0 Å². The highest BCUT2D eigenvalue weighted by atomic mass is 16.5. The lowest BCUT2D eigenvalue weighted by atomic mass is 10.3. The Hall–Kier alpha value is -1.47. The molecule has 7 heteroatoms. The van der Waals surface area contributed by atoms with E-state index in [1.807, 2.05) is 0 Å². The molecule has 0 saturated carbocycles. The molecule has 0 aliphatic heterocycles. The predicted octanol–water partition coefficient (Wildman–Crippen LogP) is -0.679. The summed E-state index contributed by atoms with van der Waals surface area (Å²) < 4.78 is 6.46. The Kier molecular flexibility index (Phi) is 5.58. The summed E-state index contributed by atoms with van der Waals surface area (Å²) in [7, 11) is 3.26. The van der Waals surface area contributed by atoms with E-state index in [2.05, 4.69) is 20.9 Å². The van der Waals surface area contributed by atoms with Crippen LogP contribution < -0.4 is 10.6 Å². The molecular formula is C10H19N5O2. The van der Waals surface area contributed by atoms with E-state index in [-0.39, 0.29) is 11.9 Å². The fourth-order valence-electron chi connectivity index (χ4n) is 1.30. The summed E-state index contributed by atoms with van der Waals surface area (Å²) in [6, 6.07) is -0.347. The standard InChI is InChI=1S/C10H19N5O2/c1-8(10(16)11-2)15-7-9(13-14-15)6-12-4-5-17-3/h7-8,12H,4-6H2,1-3H3,(H,11,16). The van der Waals surface area contributed by atoms with E-state index < -0.39 is 0 Å². The molecular weight excluding hydrogens is 222 g/mol. The lowest BCUT2D eigenvalue weighted by Crippen LogP contribution is -2.28. The fraction of sp³-hybridized carbons (Fsp3) is 0.700. The molecule has 0 saturated heterocycles. The number of hydrogen-bond donors (Lipinski definition) is 2. The van der Waals surface area contributed by atoms with Crippen molar-refractivity contribution in [3.8, 4) is 0 Å². The average molecular weight is 241 g/mol. The number of rotatable bonds is 7. The smallest absolute Gasteiger partial charge is 0.244 e. The van der Waals surface area contributed by atoms with Crippen molar-refractivity contribution in [3.05, 3.63) is 11.9 Å². The first kappa shape index (κ1) is 13.6. The van der Waals surface area contributed by atoms with Crippen LogP contribution in [0.1, 0.15) is 18.7 Å². The van der Waals surface area contributed by atoms with Gasteiger partial charge in [-0.2, -0.15) is 0 Å². The van der Waals surface area contributed by atoms with E-state index in [4.69, 9.17) is 4.74 Å². The molecule has 0 aliphatic rings. The van der Waals surface area contributed by atoms with Gasteiger partial charge < -0.3 is 15.4 Å². The molecule has 7 nitrogen and oxygen atoms in total. The van der Waals surface area contributed by atoms with E-state index in [9.17, 15) is 4.79 Å². The first-order valence-electron chi connectivity index (χ1n) is 5.51. The molecule has 1 heterocycles. The Labute approximate surface area is 101 Å². The van der Waals surface area contributed by atoms with E-state index in [0.717, 1.165) is 12.2 Å². The third kappa shape index (κ3) is 4.12. The average Bonchev–Trinajstić information content (AvgIpc) is 2.81. The number of hydrogen-bond acceptors (Lipinski definition) is 5. The van der Waals surface area contributed by atoms with E-state index in [1.54, 1.807) is 32.0 Å². The van der Waals surface area contributed by atoms with E-state index >= 15 is 0 Å². The number of carbonyl (C=O) groups excluding carboxylic acids is 1. The Morgan fingerprint density at radius 2 is 2.41 bits per heavy atom. The molecule has 0 fully saturated rings. The summed E-state index contributed by atoms with van der Waals surface area (Å²) in [5.41, 5.74) is 0.803. The zero-order valence-electron chi connectivity index (χ0n) is 10.4. The zero-order chi connectivity index (χ0) is 12.7. The van der Waals surface area contributed by atoms with Crippen molar-refractivity contribution >= 4 is 5.91 Å². The van der Waals surface area contributed by atoms with Gasteiger partial charge in [-0.15, -0.1) is 5.10 Å². The summed E-state index contributed by atoms with van der Waals surface area (Å²) in [6.07, 6.45) is 1.76. The summed E-state index contributed by atoms with van der Waals surface area (Å²) in [6.45, 7) is 3.80. The molecule has 96 valence electrons.